The largest absolute Gasteiger partial charge is 0.508 e. The number of esters is 2. The van der Waals surface area contributed by atoms with E-state index in [4.69, 9.17) is 18.9 Å². The lowest BCUT2D eigenvalue weighted by molar-refractivity contribution is -0.159. The first-order valence-corrected chi connectivity index (χ1v) is 9.78. The Hall–Kier alpha value is -3.38. The molecule has 1 aromatic rings. The number of ether oxygens (including phenoxy) is 4. The molecule has 0 bridgehead atoms. The first kappa shape index (κ1) is 23.3. The van der Waals surface area contributed by atoms with E-state index >= 15 is 0 Å². The molecule has 0 spiro atoms. The van der Waals surface area contributed by atoms with Crippen LogP contribution in [0.1, 0.15) is 29.3 Å². The second kappa shape index (κ2) is 9.40. The van der Waals surface area contributed by atoms with Gasteiger partial charge in [-0.15, -0.1) is 0 Å². The van der Waals surface area contributed by atoms with Crippen LogP contribution in [0.15, 0.2) is 12.1 Å². The van der Waals surface area contributed by atoms with Gasteiger partial charge in [0.05, 0.1) is 13.7 Å². The third-order valence-electron chi connectivity index (χ3n) is 5.11. The van der Waals surface area contributed by atoms with Crippen molar-refractivity contribution in [3.63, 3.8) is 0 Å². The van der Waals surface area contributed by atoms with Gasteiger partial charge in [0.1, 0.15) is 23.2 Å². The highest BCUT2D eigenvalue weighted by molar-refractivity contribution is 5.97. The summed E-state index contributed by atoms with van der Waals surface area (Å²) in [4.78, 5) is 49.6. The average Bonchev–Trinajstić information content (AvgIpc) is 3.03. The van der Waals surface area contributed by atoms with Gasteiger partial charge in [-0.05, 0) is 18.6 Å². The molecule has 4 unspecified atom stereocenters. The predicted molar refractivity (Wildman–Crippen MR) is 105 cm³/mol. The van der Waals surface area contributed by atoms with Crippen molar-refractivity contribution in [2.45, 2.75) is 44.8 Å². The second-order valence-corrected chi connectivity index (χ2v) is 7.33. The highest BCUT2D eigenvalue weighted by atomic mass is 16.6. The van der Waals surface area contributed by atoms with Crippen LogP contribution in [0.25, 0.3) is 0 Å². The summed E-state index contributed by atoms with van der Waals surface area (Å²) in [6, 6.07) is 1.82. The Balaban J connectivity index is 1.91. The van der Waals surface area contributed by atoms with Crippen molar-refractivity contribution in [1.29, 1.82) is 0 Å². The van der Waals surface area contributed by atoms with Crippen LogP contribution < -0.4 is 10.1 Å². The molecule has 0 radical (unpaired) electrons. The summed E-state index contributed by atoms with van der Waals surface area (Å²) in [6.07, 6.45) is -4.87. The smallest absolute Gasteiger partial charge is 0.342 e. The number of urea groups is 1. The third-order valence-corrected chi connectivity index (χ3v) is 5.11. The van der Waals surface area contributed by atoms with Gasteiger partial charge in [0.2, 0.25) is 5.91 Å². The van der Waals surface area contributed by atoms with E-state index in [0.717, 1.165) is 11.8 Å². The molecule has 2 saturated heterocycles. The average molecular weight is 452 g/mol. The number of aromatic hydroxyl groups is 1. The van der Waals surface area contributed by atoms with E-state index in [-0.39, 0.29) is 30.0 Å². The number of hydrogen-bond acceptors (Lipinski definition) is 10. The number of nitrogens with one attached hydrogen (secondary N) is 1. The van der Waals surface area contributed by atoms with E-state index < -0.39 is 55.0 Å². The standard InChI is InChI=1S/C20H24N2O10/c1-9-6-11(25)7-12(29-3)15(9)19(27)32-16-13(8-23)31-18(17(16)30-10(2)24)22-5-4-14(26)21-20(22)28/h6-7,13,16-18,23,25H,4-5,8H2,1-3H3,(H,21,26,28). The van der Waals surface area contributed by atoms with Crippen molar-refractivity contribution in [3.05, 3.63) is 23.3 Å². The summed E-state index contributed by atoms with van der Waals surface area (Å²) < 4.78 is 21.7. The maximum Gasteiger partial charge on any atom is 0.342 e. The van der Waals surface area contributed by atoms with Gasteiger partial charge in [0.15, 0.2) is 18.4 Å². The fourth-order valence-corrected chi connectivity index (χ4v) is 3.73. The van der Waals surface area contributed by atoms with Crippen molar-refractivity contribution in [1.82, 2.24) is 10.2 Å². The molecule has 3 N–H and O–H groups in total. The van der Waals surface area contributed by atoms with Crippen LogP contribution in [0.5, 0.6) is 11.5 Å². The molecule has 2 fully saturated rings. The molecule has 12 nitrogen and oxygen atoms in total. The molecule has 32 heavy (non-hydrogen) atoms. The zero-order valence-electron chi connectivity index (χ0n) is 17.7. The zero-order valence-corrected chi connectivity index (χ0v) is 17.7. The number of phenolic OH excluding ortho intramolecular Hbond substituents is 1. The number of hydrogen-bond donors (Lipinski definition) is 3. The highest BCUT2D eigenvalue weighted by Gasteiger charge is 2.53. The summed E-state index contributed by atoms with van der Waals surface area (Å²) in [5.74, 6) is -2.12. The number of benzene rings is 1. The first-order valence-electron chi connectivity index (χ1n) is 9.78. The Bertz CT molecular complexity index is 933. The summed E-state index contributed by atoms with van der Waals surface area (Å²) in [6.45, 7) is 2.08. The molecule has 0 aromatic heterocycles. The van der Waals surface area contributed by atoms with Gasteiger partial charge in [-0.25, -0.2) is 9.59 Å². The van der Waals surface area contributed by atoms with E-state index in [0.29, 0.717) is 5.56 Å². The van der Waals surface area contributed by atoms with E-state index in [1.165, 1.54) is 19.2 Å². The van der Waals surface area contributed by atoms with Gasteiger partial charge in [0.25, 0.3) is 0 Å². The monoisotopic (exact) mass is 452 g/mol. The van der Waals surface area contributed by atoms with Crippen molar-refractivity contribution in [3.8, 4) is 11.5 Å². The Labute approximate surface area is 183 Å². The van der Waals surface area contributed by atoms with E-state index in [1.54, 1.807) is 6.92 Å². The Morgan fingerprint density at radius 1 is 1.25 bits per heavy atom. The summed E-state index contributed by atoms with van der Waals surface area (Å²) in [5, 5.41) is 21.7. The lowest BCUT2D eigenvalue weighted by Gasteiger charge is -2.34. The van der Waals surface area contributed by atoms with Gasteiger partial charge in [0, 0.05) is 26.0 Å². The Morgan fingerprint density at radius 3 is 2.56 bits per heavy atom. The van der Waals surface area contributed by atoms with Gasteiger partial charge in [-0.1, -0.05) is 0 Å². The molecule has 2 aliphatic heterocycles. The highest BCUT2D eigenvalue weighted by Crippen LogP contribution is 2.33. The van der Waals surface area contributed by atoms with Crippen LogP contribution in [0.4, 0.5) is 4.79 Å². The van der Waals surface area contributed by atoms with E-state index in [9.17, 15) is 29.4 Å². The van der Waals surface area contributed by atoms with Crippen molar-refractivity contribution >= 4 is 23.9 Å². The molecule has 12 heteroatoms. The number of phenols is 1. The van der Waals surface area contributed by atoms with Crippen LogP contribution in [0.3, 0.4) is 0 Å². The van der Waals surface area contributed by atoms with Gasteiger partial charge >= 0.3 is 18.0 Å². The van der Waals surface area contributed by atoms with Crippen LogP contribution in [-0.2, 0) is 23.8 Å². The van der Waals surface area contributed by atoms with Crippen molar-refractivity contribution < 1.29 is 48.3 Å². The van der Waals surface area contributed by atoms with Crippen LogP contribution in [0, 0.1) is 6.92 Å². The lowest BCUT2D eigenvalue weighted by atomic mass is 10.1. The Morgan fingerprint density at radius 2 is 1.97 bits per heavy atom. The number of carbonyl (C=O) groups is 4. The lowest BCUT2D eigenvalue weighted by Crippen LogP contribution is -2.57. The molecule has 4 atom stereocenters. The summed E-state index contributed by atoms with van der Waals surface area (Å²) in [5.41, 5.74) is 0.383. The normalized spacial score (nSPS) is 25.3. The number of nitrogens with zero attached hydrogens (tertiary/aromatic N) is 1. The fourth-order valence-electron chi connectivity index (χ4n) is 3.73. The number of rotatable bonds is 6. The fraction of sp³-hybridized carbons (Fsp3) is 0.500. The van der Waals surface area contributed by atoms with E-state index in [1.807, 2.05) is 0 Å². The van der Waals surface area contributed by atoms with E-state index in [2.05, 4.69) is 5.32 Å². The first-order chi connectivity index (χ1) is 15.2. The quantitative estimate of drug-likeness (QED) is 0.494. The predicted octanol–water partition coefficient (Wildman–Crippen LogP) is -0.175. The molecular formula is C20H24N2O10. The molecule has 2 aliphatic rings. The molecule has 174 valence electrons. The number of imide groups is 1. The second-order valence-electron chi connectivity index (χ2n) is 7.33. The number of aliphatic hydroxyl groups excluding tert-OH is 1. The summed E-state index contributed by atoms with van der Waals surface area (Å²) in [7, 11) is 1.31. The summed E-state index contributed by atoms with van der Waals surface area (Å²) >= 11 is 0. The van der Waals surface area contributed by atoms with Crippen LogP contribution in [-0.4, -0.2) is 83.8 Å². The van der Waals surface area contributed by atoms with Crippen molar-refractivity contribution in [2.75, 3.05) is 20.3 Å². The molecule has 3 rings (SSSR count). The minimum Gasteiger partial charge on any atom is -0.508 e. The number of aliphatic hydroxyl groups is 1. The molecule has 2 heterocycles. The van der Waals surface area contributed by atoms with Crippen molar-refractivity contribution in [2.24, 2.45) is 0 Å². The number of methoxy groups -OCH3 is 1. The molecule has 3 amide bonds. The van der Waals surface area contributed by atoms with Gasteiger partial charge in [-0.2, -0.15) is 0 Å². The Kier molecular flexibility index (Phi) is 6.84. The number of carbonyl (C=O) groups excluding carboxylic acids is 4. The maximum atomic E-state index is 13.0. The molecule has 0 aliphatic carbocycles. The van der Waals surface area contributed by atoms with Gasteiger partial charge in [-0.3, -0.25) is 19.8 Å². The molecule has 1 aromatic carbocycles. The number of aryl methyl sites for hydroxylation is 1. The molecular weight excluding hydrogens is 428 g/mol. The minimum atomic E-state index is -1.27. The topological polar surface area (TPSA) is 161 Å². The third kappa shape index (κ3) is 4.60. The maximum absolute atomic E-state index is 13.0. The zero-order chi connectivity index (χ0) is 23.6. The van der Waals surface area contributed by atoms with Crippen LogP contribution in [0.2, 0.25) is 0 Å². The molecule has 0 saturated carbocycles. The minimum absolute atomic E-state index is 0.00343. The SMILES string of the molecule is COc1cc(O)cc(C)c1C(=O)OC1C(CO)OC(N2CCC(=O)NC2=O)C1OC(C)=O. The number of amides is 3. The van der Waals surface area contributed by atoms with Crippen LogP contribution >= 0.6 is 0 Å². The van der Waals surface area contributed by atoms with Gasteiger partial charge < -0.3 is 29.2 Å².